The maximum Gasteiger partial charge on any atom is 0.328 e. The van der Waals surface area contributed by atoms with E-state index in [1.807, 2.05) is 6.08 Å². The Morgan fingerprint density at radius 2 is 2.27 bits per heavy atom. The summed E-state index contributed by atoms with van der Waals surface area (Å²) in [6, 6.07) is 1.43. The molecule has 0 spiro atoms. The van der Waals surface area contributed by atoms with Crippen LogP contribution in [0.2, 0.25) is 0 Å². The summed E-state index contributed by atoms with van der Waals surface area (Å²) in [7, 11) is 0. The predicted molar refractivity (Wildman–Crippen MR) is 58.7 cm³/mol. The van der Waals surface area contributed by atoms with Gasteiger partial charge >= 0.3 is 5.97 Å². The van der Waals surface area contributed by atoms with Crippen molar-refractivity contribution in [2.45, 2.75) is 38.3 Å². The Labute approximate surface area is 90.1 Å². The lowest BCUT2D eigenvalue weighted by molar-refractivity contribution is -0.131. The van der Waals surface area contributed by atoms with Crippen molar-refractivity contribution in [3.05, 3.63) is 23.8 Å². The van der Waals surface area contributed by atoms with Gasteiger partial charge in [-0.1, -0.05) is 17.7 Å². The van der Waals surface area contributed by atoms with Gasteiger partial charge in [-0.3, -0.25) is 4.90 Å². The Bertz CT molecular complexity index is 316. The largest absolute Gasteiger partial charge is 0.478 e. The van der Waals surface area contributed by atoms with Crippen LogP contribution in [0, 0.1) is 0 Å². The zero-order valence-corrected chi connectivity index (χ0v) is 9.02. The van der Waals surface area contributed by atoms with E-state index in [1.54, 1.807) is 6.08 Å². The van der Waals surface area contributed by atoms with Crippen LogP contribution in [0.25, 0.3) is 0 Å². The number of carboxylic acid groups (broad SMARTS) is 1. The molecule has 3 nitrogen and oxygen atoms in total. The highest BCUT2D eigenvalue weighted by Gasteiger charge is 2.36. The van der Waals surface area contributed by atoms with Gasteiger partial charge in [0.15, 0.2) is 0 Å². The van der Waals surface area contributed by atoms with E-state index in [9.17, 15) is 4.79 Å². The lowest BCUT2D eigenvalue weighted by atomic mass is 10.1. The van der Waals surface area contributed by atoms with Crippen molar-refractivity contribution in [1.29, 1.82) is 0 Å². The standard InChI is InChI=1S/C12H17NO2/c1-9-7-10(3-2-4-12(14)15)8-13(9)11-5-6-11/h2-4,9,11H,5-8H2,1H3,(H,14,15)/b4-2+,10-3-. The number of nitrogens with zero attached hydrogens (tertiary/aromatic N) is 1. The average Bonchev–Trinajstić information content (AvgIpc) is 2.91. The van der Waals surface area contributed by atoms with Crippen molar-refractivity contribution in [2.24, 2.45) is 0 Å². The Morgan fingerprint density at radius 3 is 2.87 bits per heavy atom. The van der Waals surface area contributed by atoms with Crippen LogP contribution < -0.4 is 0 Å². The van der Waals surface area contributed by atoms with E-state index in [0.29, 0.717) is 6.04 Å². The van der Waals surface area contributed by atoms with Crippen molar-refractivity contribution < 1.29 is 9.90 Å². The molecule has 1 aliphatic carbocycles. The molecule has 1 aliphatic heterocycles. The minimum Gasteiger partial charge on any atom is -0.478 e. The van der Waals surface area contributed by atoms with Gasteiger partial charge in [0.25, 0.3) is 0 Å². The number of allylic oxidation sites excluding steroid dienone is 2. The number of hydrogen-bond acceptors (Lipinski definition) is 2. The molecule has 0 radical (unpaired) electrons. The van der Waals surface area contributed by atoms with Gasteiger partial charge in [0.05, 0.1) is 0 Å². The molecule has 82 valence electrons. The number of carboxylic acids is 1. The highest BCUT2D eigenvalue weighted by Crippen LogP contribution is 2.34. The first-order valence-corrected chi connectivity index (χ1v) is 5.51. The highest BCUT2D eigenvalue weighted by molar-refractivity contribution is 5.80. The van der Waals surface area contributed by atoms with Crippen molar-refractivity contribution in [2.75, 3.05) is 6.54 Å². The molecule has 3 heteroatoms. The number of aliphatic carboxylic acids is 1. The second kappa shape index (κ2) is 4.19. The molecule has 1 heterocycles. The van der Waals surface area contributed by atoms with Crippen LogP contribution in [0.1, 0.15) is 26.2 Å². The second-order valence-electron chi connectivity index (χ2n) is 4.48. The molecule has 1 saturated carbocycles. The summed E-state index contributed by atoms with van der Waals surface area (Å²) < 4.78 is 0. The van der Waals surface area contributed by atoms with Gasteiger partial charge in [-0.15, -0.1) is 0 Å². The molecule has 2 fully saturated rings. The lowest BCUT2D eigenvalue weighted by Crippen LogP contribution is -2.28. The Hall–Kier alpha value is -1.09. The summed E-state index contributed by atoms with van der Waals surface area (Å²) in [6.07, 6.45) is 8.54. The Morgan fingerprint density at radius 1 is 1.53 bits per heavy atom. The summed E-state index contributed by atoms with van der Waals surface area (Å²) in [5, 5.41) is 8.46. The van der Waals surface area contributed by atoms with Gasteiger partial charge in [-0.05, 0) is 26.2 Å². The molecule has 1 saturated heterocycles. The van der Waals surface area contributed by atoms with Crippen LogP contribution >= 0.6 is 0 Å². The first kappa shape index (κ1) is 10.4. The van der Waals surface area contributed by atoms with E-state index in [-0.39, 0.29) is 0 Å². The Balaban J connectivity index is 1.92. The molecular formula is C12H17NO2. The topological polar surface area (TPSA) is 40.5 Å². The van der Waals surface area contributed by atoms with E-state index < -0.39 is 5.97 Å². The van der Waals surface area contributed by atoms with Crippen LogP contribution in [0.4, 0.5) is 0 Å². The normalized spacial score (nSPS) is 30.5. The van der Waals surface area contributed by atoms with E-state index >= 15 is 0 Å². The fourth-order valence-electron chi connectivity index (χ4n) is 2.23. The van der Waals surface area contributed by atoms with Crippen molar-refractivity contribution in [3.63, 3.8) is 0 Å². The first-order chi connectivity index (χ1) is 7.16. The summed E-state index contributed by atoms with van der Waals surface area (Å²) in [4.78, 5) is 12.8. The van der Waals surface area contributed by atoms with E-state index in [0.717, 1.165) is 19.0 Å². The number of rotatable bonds is 3. The molecule has 0 aromatic carbocycles. The molecule has 2 rings (SSSR count). The van der Waals surface area contributed by atoms with Crippen LogP contribution in [-0.2, 0) is 4.79 Å². The van der Waals surface area contributed by atoms with Crippen LogP contribution in [0.15, 0.2) is 23.8 Å². The fourth-order valence-corrected chi connectivity index (χ4v) is 2.23. The molecule has 0 aromatic heterocycles. The van der Waals surface area contributed by atoms with E-state index in [2.05, 4.69) is 11.8 Å². The smallest absolute Gasteiger partial charge is 0.328 e. The third kappa shape index (κ3) is 2.69. The second-order valence-corrected chi connectivity index (χ2v) is 4.48. The van der Waals surface area contributed by atoms with Gasteiger partial charge in [0, 0.05) is 24.7 Å². The maximum atomic E-state index is 10.3. The molecule has 0 aromatic rings. The quantitative estimate of drug-likeness (QED) is 0.717. The molecule has 1 unspecified atom stereocenters. The van der Waals surface area contributed by atoms with E-state index in [1.165, 1.54) is 24.5 Å². The lowest BCUT2D eigenvalue weighted by Gasteiger charge is -2.19. The monoisotopic (exact) mass is 207 g/mol. The Kier molecular flexibility index (Phi) is 2.91. The van der Waals surface area contributed by atoms with Crippen molar-refractivity contribution >= 4 is 5.97 Å². The van der Waals surface area contributed by atoms with Gasteiger partial charge in [-0.25, -0.2) is 4.79 Å². The summed E-state index contributed by atoms with van der Waals surface area (Å²) >= 11 is 0. The minimum absolute atomic E-state index is 0.627. The molecule has 0 bridgehead atoms. The summed E-state index contributed by atoms with van der Waals surface area (Å²) in [5.74, 6) is -0.878. The first-order valence-electron chi connectivity index (χ1n) is 5.51. The number of hydrogen-bond donors (Lipinski definition) is 1. The number of likely N-dealkylation sites (tertiary alicyclic amines) is 1. The molecule has 1 N–H and O–H groups in total. The van der Waals surface area contributed by atoms with Gasteiger partial charge in [0.2, 0.25) is 0 Å². The molecule has 15 heavy (non-hydrogen) atoms. The number of carbonyl (C=O) groups is 1. The van der Waals surface area contributed by atoms with Crippen LogP contribution in [-0.4, -0.2) is 34.6 Å². The molecule has 0 amide bonds. The predicted octanol–water partition coefficient (Wildman–Crippen LogP) is 1.81. The summed E-state index contributed by atoms with van der Waals surface area (Å²) in [5.41, 5.74) is 1.35. The van der Waals surface area contributed by atoms with Gasteiger partial charge in [-0.2, -0.15) is 0 Å². The van der Waals surface area contributed by atoms with Crippen molar-refractivity contribution in [1.82, 2.24) is 4.90 Å². The highest BCUT2D eigenvalue weighted by atomic mass is 16.4. The maximum absolute atomic E-state index is 10.3. The summed E-state index contributed by atoms with van der Waals surface area (Å²) in [6.45, 7) is 3.27. The fraction of sp³-hybridized carbons (Fsp3) is 0.583. The molecule has 1 atom stereocenters. The van der Waals surface area contributed by atoms with Crippen LogP contribution in [0.3, 0.4) is 0 Å². The van der Waals surface area contributed by atoms with Gasteiger partial charge < -0.3 is 5.11 Å². The molecule has 2 aliphatic rings. The van der Waals surface area contributed by atoms with Crippen LogP contribution in [0.5, 0.6) is 0 Å². The third-order valence-corrected chi connectivity index (χ3v) is 3.10. The average molecular weight is 207 g/mol. The zero-order valence-electron chi connectivity index (χ0n) is 9.02. The zero-order chi connectivity index (χ0) is 10.8. The third-order valence-electron chi connectivity index (χ3n) is 3.10. The SMILES string of the molecule is CC1C/C(=C/C=C/C(=O)O)CN1C1CC1. The van der Waals surface area contributed by atoms with Crippen molar-refractivity contribution in [3.8, 4) is 0 Å². The van der Waals surface area contributed by atoms with E-state index in [4.69, 9.17) is 5.11 Å². The van der Waals surface area contributed by atoms with Gasteiger partial charge in [0.1, 0.15) is 0 Å². The molecular weight excluding hydrogens is 190 g/mol. The minimum atomic E-state index is -0.878.